The second kappa shape index (κ2) is 6.84. The fourth-order valence-corrected chi connectivity index (χ4v) is 4.84. The van der Waals surface area contributed by atoms with Gasteiger partial charge in [-0.1, -0.05) is 0 Å². The van der Waals surface area contributed by atoms with Crippen LogP contribution >= 0.6 is 11.3 Å². The van der Waals surface area contributed by atoms with Crippen LogP contribution in [0, 0.1) is 12.3 Å². The molecule has 0 bridgehead atoms. The number of thiazole rings is 1. The minimum absolute atomic E-state index is 0.126. The Bertz CT molecular complexity index is 730. The summed E-state index contributed by atoms with van der Waals surface area (Å²) in [4.78, 5) is 26.0. The summed E-state index contributed by atoms with van der Waals surface area (Å²) in [6.45, 7) is 6.82. The molecule has 1 spiro atoms. The van der Waals surface area contributed by atoms with Gasteiger partial charge < -0.3 is 4.90 Å². The number of rotatable bonds is 3. The number of carbonyl (C=O) groups is 1. The molecule has 6 heteroatoms. The maximum atomic E-state index is 12.8. The maximum Gasteiger partial charge on any atom is 0.255 e. The Hall–Kier alpha value is -1.79. The Morgan fingerprint density at radius 3 is 2.92 bits per heavy atom. The molecule has 5 nitrogen and oxygen atoms in total. The van der Waals surface area contributed by atoms with Crippen LogP contribution < -0.4 is 0 Å². The minimum atomic E-state index is 0.126. The van der Waals surface area contributed by atoms with Crippen molar-refractivity contribution in [3.05, 3.63) is 46.2 Å². The number of carbonyl (C=O) groups excluding carboxylic acids is 1. The monoisotopic (exact) mass is 356 g/mol. The fourth-order valence-electron chi connectivity index (χ4n) is 4.19. The summed E-state index contributed by atoms with van der Waals surface area (Å²) >= 11 is 1.73. The molecule has 2 fully saturated rings. The molecule has 2 aromatic heterocycles. The van der Waals surface area contributed by atoms with Crippen molar-refractivity contribution in [2.75, 3.05) is 26.2 Å². The van der Waals surface area contributed by atoms with Crippen molar-refractivity contribution in [1.29, 1.82) is 0 Å². The lowest BCUT2D eigenvalue weighted by Gasteiger charge is -2.40. The van der Waals surface area contributed by atoms with E-state index in [1.165, 1.54) is 17.8 Å². The molecular weight excluding hydrogens is 332 g/mol. The quantitative estimate of drug-likeness (QED) is 0.848. The molecule has 0 saturated carbocycles. The molecule has 25 heavy (non-hydrogen) atoms. The Labute approximate surface area is 152 Å². The van der Waals surface area contributed by atoms with Crippen LogP contribution in [0.1, 0.15) is 40.3 Å². The van der Waals surface area contributed by atoms with E-state index in [1.807, 2.05) is 35.5 Å². The summed E-state index contributed by atoms with van der Waals surface area (Å²) in [5.41, 5.74) is 1.90. The van der Waals surface area contributed by atoms with Crippen molar-refractivity contribution in [3.63, 3.8) is 0 Å². The first kappa shape index (κ1) is 16.7. The van der Waals surface area contributed by atoms with E-state index in [-0.39, 0.29) is 11.3 Å². The van der Waals surface area contributed by atoms with Gasteiger partial charge in [-0.2, -0.15) is 0 Å². The van der Waals surface area contributed by atoms with Gasteiger partial charge in [0.1, 0.15) is 5.01 Å². The van der Waals surface area contributed by atoms with Crippen LogP contribution in [0.25, 0.3) is 0 Å². The van der Waals surface area contributed by atoms with Crippen LogP contribution in [0.4, 0.5) is 0 Å². The van der Waals surface area contributed by atoms with E-state index in [9.17, 15) is 4.79 Å². The predicted octanol–water partition coefficient (Wildman–Crippen LogP) is 2.97. The van der Waals surface area contributed by atoms with Gasteiger partial charge in [-0.3, -0.25) is 14.7 Å². The van der Waals surface area contributed by atoms with Crippen LogP contribution in [0.15, 0.2) is 29.9 Å². The lowest BCUT2D eigenvalue weighted by molar-refractivity contribution is 0.0675. The maximum absolute atomic E-state index is 12.8. The first-order valence-corrected chi connectivity index (χ1v) is 9.84. The molecule has 0 radical (unpaired) electrons. The molecule has 2 aliphatic rings. The number of nitrogens with zero attached hydrogens (tertiary/aromatic N) is 4. The molecule has 0 aromatic carbocycles. The van der Waals surface area contributed by atoms with Crippen LogP contribution in [0.2, 0.25) is 0 Å². The zero-order valence-electron chi connectivity index (χ0n) is 14.6. The lowest BCUT2D eigenvalue weighted by atomic mass is 9.79. The standard InChI is InChI=1S/C19H24N4OS/c1-15-3-4-16(11-21-15)18(24)23-9-6-19(14-23)5-2-8-22(13-19)12-17-20-7-10-25-17/h3-4,7,10-11H,2,5-6,8-9,12-14H2,1H3/t19-/m1/s1. The summed E-state index contributed by atoms with van der Waals surface area (Å²) < 4.78 is 0. The topological polar surface area (TPSA) is 49.3 Å². The highest BCUT2D eigenvalue weighted by Gasteiger charge is 2.42. The molecule has 4 heterocycles. The van der Waals surface area contributed by atoms with Crippen LogP contribution in [-0.4, -0.2) is 51.9 Å². The van der Waals surface area contributed by atoms with Crippen molar-refractivity contribution >= 4 is 17.2 Å². The van der Waals surface area contributed by atoms with Crippen LogP contribution in [-0.2, 0) is 6.54 Å². The lowest BCUT2D eigenvalue weighted by Crippen LogP contribution is -2.45. The van der Waals surface area contributed by atoms with Crippen molar-refractivity contribution in [2.24, 2.45) is 5.41 Å². The molecule has 0 unspecified atom stereocenters. The Balaban J connectivity index is 1.41. The molecule has 2 saturated heterocycles. The van der Waals surface area contributed by atoms with E-state index in [4.69, 9.17) is 0 Å². The van der Waals surface area contributed by atoms with Gasteiger partial charge in [0.25, 0.3) is 5.91 Å². The second-order valence-corrected chi connectivity index (χ2v) is 8.38. The van der Waals surface area contributed by atoms with Gasteiger partial charge in [0.05, 0.1) is 12.1 Å². The second-order valence-electron chi connectivity index (χ2n) is 7.41. The fraction of sp³-hybridized carbons (Fsp3) is 0.526. The van der Waals surface area contributed by atoms with E-state index in [1.54, 1.807) is 17.5 Å². The van der Waals surface area contributed by atoms with Gasteiger partial charge in [0.2, 0.25) is 0 Å². The summed E-state index contributed by atoms with van der Waals surface area (Å²) in [6, 6.07) is 3.81. The van der Waals surface area contributed by atoms with Crippen molar-refractivity contribution in [1.82, 2.24) is 19.8 Å². The molecule has 2 aliphatic heterocycles. The Morgan fingerprint density at radius 2 is 2.16 bits per heavy atom. The zero-order valence-corrected chi connectivity index (χ0v) is 15.5. The largest absolute Gasteiger partial charge is 0.338 e. The molecule has 132 valence electrons. The average molecular weight is 356 g/mol. The summed E-state index contributed by atoms with van der Waals surface area (Å²) in [7, 11) is 0. The van der Waals surface area contributed by atoms with E-state index in [2.05, 4.69) is 14.9 Å². The Kier molecular flexibility index (Phi) is 4.56. The highest BCUT2D eigenvalue weighted by Crippen LogP contribution is 2.39. The third-order valence-corrected chi connectivity index (χ3v) is 6.23. The first-order chi connectivity index (χ1) is 12.1. The van der Waals surface area contributed by atoms with Crippen molar-refractivity contribution in [3.8, 4) is 0 Å². The number of piperidine rings is 1. The summed E-state index contributed by atoms with van der Waals surface area (Å²) in [6.07, 6.45) is 7.12. The third kappa shape index (κ3) is 3.60. The number of hydrogen-bond acceptors (Lipinski definition) is 5. The number of amides is 1. The third-order valence-electron chi connectivity index (χ3n) is 5.47. The molecule has 2 aromatic rings. The molecule has 4 rings (SSSR count). The summed E-state index contributed by atoms with van der Waals surface area (Å²) in [5, 5.41) is 3.23. The predicted molar refractivity (Wildman–Crippen MR) is 98.6 cm³/mol. The van der Waals surface area contributed by atoms with Crippen molar-refractivity contribution in [2.45, 2.75) is 32.7 Å². The van der Waals surface area contributed by atoms with E-state index in [0.29, 0.717) is 5.56 Å². The highest BCUT2D eigenvalue weighted by atomic mass is 32.1. The zero-order chi connectivity index (χ0) is 17.3. The van der Waals surface area contributed by atoms with E-state index >= 15 is 0 Å². The van der Waals surface area contributed by atoms with Crippen molar-refractivity contribution < 1.29 is 4.79 Å². The van der Waals surface area contributed by atoms with Gasteiger partial charge in [0, 0.05) is 48.5 Å². The van der Waals surface area contributed by atoms with Gasteiger partial charge in [-0.15, -0.1) is 11.3 Å². The smallest absolute Gasteiger partial charge is 0.255 e. The molecule has 1 amide bonds. The van der Waals surface area contributed by atoms with Gasteiger partial charge >= 0.3 is 0 Å². The Morgan fingerprint density at radius 1 is 1.24 bits per heavy atom. The van der Waals surface area contributed by atoms with E-state index in [0.717, 1.165) is 44.8 Å². The average Bonchev–Trinajstić information content (AvgIpc) is 3.26. The minimum Gasteiger partial charge on any atom is -0.338 e. The van der Waals surface area contributed by atoms with E-state index < -0.39 is 0 Å². The molecule has 1 atom stereocenters. The van der Waals surface area contributed by atoms with Gasteiger partial charge in [0.15, 0.2) is 0 Å². The number of aryl methyl sites for hydroxylation is 1. The normalized spacial score (nSPS) is 24.1. The first-order valence-electron chi connectivity index (χ1n) is 8.96. The molecule has 0 N–H and O–H groups in total. The van der Waals surface area contributed by atoms with Gasteiger partial charge in [-0.05, 0) is 44.9 Å². The SMILES string of the molecule is Cc1ccc(C(=O)N2CC[C@@]3(CCCN(Cc4nccs4)C3)C2)cn1. The number of likely N-dealkylation sites (tertiary alicyclic amines) is 2. The number of hydrogen-bond donors (Lipinski definition) is 0. The summed E-state index contributed by atoms with van der Waals surface area (Å²) in [5.74, 6) is 0.126. The van der Waals surface area contributed by atoms with Gasteiger partial charge in [-0.25, -0.2) is 4.98 Å². The van der Waals surface area contributed by atoms with Crippen LogP contribution in [0.5, 0.6) is 0 Å². The number of pyridine rings is 1. The van der Waals surface area contributed by atoms with Crippen LogP contribution in [0.3, 0.4) is 0 Å². The highest BCUT2D eigenvalue weighted by molar-refractivity contribution is 7.09. The number of aromatic nitrogens is 2. The molecule has 0 aliphatic carbocycles. The molecular formula is C19H24N4OS.